The van der Waals surface area contributed by atoms with Gasteiger partial charge >= 0.3 is 0 Å². The molecule has 0 aliphatic rings. The predicted molar refractivity (Wildman–Crippen MR) is 125 cm³/mol. The van der Waals surface area contributed by atoms with Crippen LogP contribution in [0.4, 0.5) is 17.3 Å². The first-order valence-electron chi connectivity index (χ1n) is 9.56. The number of nitrogen functional groups attached to an aromatic ring is 1. The van der Waals surface area contributed by atoms with Crippen molar-refractivity contribution in [3.63, 3.8) is 0 Å². The third kappa shape index (κ3) is 4.97. The summed E-state index contributed by atoms with van der Waals surface area (Å²) in [4.78, 5) is 12.6. The van der Waals surface area contributed by atoms with Crippen molar-refractivity contribution in [3.8, 4) is 11.4 Å². The van der Waals surface area contributed by atoms with E-state index < -0.39 is 10.1 Å². The normalized spacial score (nSPS) is 11.5. The summed E-state index contributed by atoms with van der Waals surface area (Å²) in [6.07, 6.45) is 5.28. The van der Waals surface area contributed by atoms with Gasteiger partial charge in [-0.05, 0) is 41.5 Å². The number of para-hydroxylation sites is 1. The van der Waals surface area contributed by atoms with Crippen molar-refractivity contribution >= 4 is 39.6 Å². The van der Waals surface area contributed by atoms with Crippen LogP contribution in [-0.4, -0.2) is 27.9 Å². The average Bonchev–Trinajstić information content (AvgIpc) is 2.79. The molecular weight excluding hydrogens is 426 g/mol. The number of nitrogens with zero attached hydrogens (tertiary/aromatic N) is 3. The van der Waals surface area contributed by atoms with Gasteiger partial charge in [-0.15, -0.1) is 0 Å². The van der Waals surface area contributed by atoms with Crippen molar-refractivity contribution in [1.82, 2.24) is 15.0 Å². The van der Waals surface area contributed by atoms with Crippen molar-refractivity contribution in [2.24, 2.45) is 0 Å². The molecule has 1 heterocycles. The first-order chi connectivity index (χ1) is 15.4. The Morgan fingerprint density at radius 3 is 2.34 bits per heavy atom. The second-order valence-corrected chi connectivity index (χ2v) is 8.23. The molecule has 0 unspecified atom stereocenters. The predicted octanol–water partition coefficient (Wildman–Crippen LogP) is 4.28. The van der Waals surface area contributed by atoms with E-state index >= 15 is 0 Å². The van der Waals surface area contributed by atoms with E-state index in [0.29, 0.717) is 22.8 Å². The molecule has 8 nitrogen and oxygen atoms in total. The monoisotopic (exact) mass is 445 g/mol. The summed E-state index contributed by atoms with van der Waals surface area (Å²) < 4.78 is 31.4. The lowest BCUT2D eigenvalue weighted by molar-refractivity contribution is 0.483. The van der Waals surface area contributed by atoms with E-state index in [1.165, 1.54) is 30.6 Å². The lowest BCUT2D eigenvalue weighted by atomic mass is 10.1. The van der Waals surface area contributed by atoms with Crippen molar-refractivity contribution < 1.29 is 13.0 Å². The van der Waals surface area contributed by atoms with Crippen LogP contribution < -0.4 is 11.1 Å². The van der Waals surface area contributed by atoms with Gasteiger partial charge in [0.05, 0.1) is 4.90 Å². The maximum Gasteiger partial charge on any atom is 0.294 e. The molecule has 4 aromatic rings. The van der Waals surface area contributed by atoms with Crippen molar-refractivity contribution in [2.75, 3.05) is 11.1 Å². The van der Waals surface area contributed by atoms with Gasteiger partial charge in [-0.25, -0.2) is 9.97 Å². The zero-order valence-corrected chi connectivity index (χ0v) is 17.6. The smallest absolute Gasteiger partial charge is 0.294 e. The van der Waals surface area contributed by atoms with Gasteiger partial charge in [0.15, 0.2) is 5.82 Å². The molecule has 0 spiro atoms. The van der Waals surface area contributed by atoms with E-state index in [2.05, 4.69) is 20.3 Å². The highest BCUT2D eigenvalue weighted by Gasteiger charge is 2.11. The minimum Gasteiger partial charge on any atom is -0.398 e. The Balaban J connectivity index is 1.59. The molecule has 0 saturated heterocycles. The summed E-state index contributed by atoms with van der Waals surface area (Å²) in [5.74, 6) is 0.656. The standard InChI is InChI=1S/C23H19N5O3S/c24-21-17(10-9-16-5-2-1-3-6-16)7-4-8-20(21)22-25-15-26-23(28-22)27-18-11-13-19(14-12-18)32(29,30)31/h1-15H,24H2,(H,29,30,31)(H,25,26,27,28). The summed E-state index contributed by atoms with van der Waals surface area (Å²) in [7, 11) is -4.26. The molecule has 0 aliphatic heterocycles. The van der Waals surface area contributed by atoms with Crippen LogP contribution in [0, 0.1) is 0 Å². The summed E-state index contributed by atoms with van der Waals surface area (Å²) in [6, 6.07) is 21.1. The van der Waals surface area contributed by atoms with Crippen molar-refractivity contribution in [2.45, 2.75) is 4.90 Å². The number of anilines is 3. The molecule has 4 rings (SSSR count). The Labute approximate surface area is 185 Å². The number of benzene rings is 3. The van der Waals surface area contributed by atoms with Crippen LogP contribution in [0.1, 0.15) is 11.1 Å². The number of aromatic nitrogens is 3. The fourth-order valence-corrected chi connectivity index (χ4v) is 3.48. The minimum absolute atomic E-state index is 0.201. The zero-order chi connectivity index (χ0) is 22.6. The summed E-state index contributed by atoms with van der Waals surface area (Å²) in [5.41, 5.74) is 10.0. The van der Waals surface area contributed by atoms with Crippen LogP contribution in [0.15, 0.2) is 84.0 Å². The van der Waals surface area contributed by atoms with E-state index in [0.717, 1.165) is 11.1 Å². The minimum atomic E-state index is -4.26. The Kier molecular flexibility index (Phi) is 5.93. The van der Waals surface area contributed by atoms with Crippen molar-refractivity contribution in [3.05, 3.63) is 90.3 Å². The molecular formula is C23H19N5O3S. The van der Waals surface area contributed by atoms with Crippen LogP contribution in [0.3, 0.4) is 0 Å². The maximum atomic E-state index is 11.2. The zero-order valence-electron chi connectivity index (χ0n) is 16.8. The van der Waals surface area contributed by atoms with Gasteiger partial charge < -0.3 is 11.1 Å². The number of hydrogen-bond donors (Lipinski definition) is 3. The van der Waals surface area contributed by atoms with Gasteiger partial charge in [0.1, 0.15) is 6.33 Å². The van der Waals surface area contributed by atoms with Crippen LogP contribution in [0.2, 0.25) is 0 Å². The molecule has 3 aromatic carbocycles. The molecule has 32 heavy (non-hydrogen) atoms. The van der Waals surface area contributed by atoms with Crippen LogP contribution in [0.25, 0.3) is 23.5 Å². The first-order valence-corrected chi connectivity index (χ1v) is 11.0. The van der Waals surface area contributed by atoms with Crippen LogP contribution in [-0.2, 0) is 10.1 Å². The Bertz CT molecular complexity index is 1370. The molecule has 4 N–H and O–H groups in total. The lowest BCUT2D eigenvalue weighted by Crippen LogP contribution is -2.02. The van der Waals surface area contributed by atoms with E-state index in [9.17, 15) is 8.42 Å². The van der Waals surface area contributed by atoms with E-state index in [1.807, 2.05) is 60.7 Å². The highest BCUT2D eigenvalue weighted by Crippen LogP contribution is 2.28. The molecule has 9 heteroatoms. The second-order valence-electron chi connectivity index (χ2n) is 6.81. The molecule has 0 aliphatic carbocycles. The Morgan fingerprint density at radius 2 is 1.62 bits per heavy atom. The largest absolute Gasteiger partial charge is 0.398 e. The summed E-state index contributed by atoms with van der Waals surface area (Å²) >= 11 is 0. The number of nitrogens with one attached hydrogen (secondary N) is 1. The van der Waals surface area contributed by atoms with E-state index in [1.54, 1.807) is 0 Å². The van der Waals surface area contributed by atoms with Gasteiger partial charge in [-0.2, -0.15) is 13.4 Å². The third-order valence-corrected chi connectivity index (χ3v) is 5.48. The van der Waals surface area contributed by atoms with Crippen LogP contribution in [0.5, 0.6) is 0 Å². The first kappa shape index (κ1) is 21.2. The molecule has 0 radical (unpaired) electrons. The SMILES string of the molecule is Nc1c(C=Cc2ccccc2)cccc1-c1ncnc(Nc2ccc(S(=O)(=O)O)cc2)n1. The second kappa shape index (κ2) is 8.96. The highest BCUT2D eigenvalue weighted by atomic mass is 32.2. The molecule has 0 saturated carbocycles. The fourth-order valence-electron chi connectivity index (χ4n) is 3.00. The molecule has 0 fully saturated rings. The fraction of sp³-hybridized carbons (Fsp3) is 0. The lowest BCUT2D eigenvalue weighted by Gasteiger charge is -2.09. The topological polar surface area (TPSA) is 131 Å². The Hall–Kier alpha value is -4.08. The Morgan fingerprint density at radius 1 is 0.875 bits per heavy atom. The molecule has 160 valence electrons. The summed E-state index contributed by atoms with van der Waals surface area (Å²) in [6.45, 7) is 0. The highest BCUT2D eigenvalue weighted by molar-refractivity contribution is 7.85. The molecule has 0 amide bonds. The van der Waals surface area contributed by atoms with Gasteiger partial charge in [-0.1, -0.05) is 54.6 Å². The van der Waals surface area contributed by atoms with Gasteiger partial charge in [0.2, 0.25) is 5.95 Å². The van der Waals surface area contributed by atoms with Gasteiger partial charge in [0, 0.05) is 16.9 Å². The summed E-state index contributed by atoms with van der Waals surface area (Å²) in [5, 5.41) is 2.98. The number of nitrogens with two attached hydrogens (primary N) is 1. The molecule has 1 aromatic heterocycles. The maximum absolute atomic E-state index is 11.2. The molecule has 0 atom stereocenters. The van der Waals surface area contributed by atoms with E-state index in [-0.39, 0.29) is 10.8 Å². The van der Waals surface area contributed by atoms with Gasteiger partial charge in [0.25, 0.3) is 10.1 Å². The van der Waals surface area contributed by atoms with Crippen LogP contribution >= 0.6 is 0 Å². The molecule has 0 bridgehead atoms. The van der Waals surface area contributed by atoms with E-state index in [4.69, 9.17) is 10.3 Å². The quantitative estimate of drug-likeness (QED) is 0.228. The van der Waals surface area contributed by atoms with Crippen molar-refractivity contribution in [1.29, 1.82) is 0 Å². The third-order valence-electron chi connectivity index (χ3n) is 4.62. The van der Waals surface area contributed by atoms with Gasteiger partial charge in [-0.3, -0.25) is 4.55 Å². The number of hydrogen-bond acceptors (Lipinski definition) is 7. The average molecular weight is 446 g/mol. The number of rotatable bonds is 6.